The molecule has 0 bridgehead atoms. The average Bonchev–Trinajstić information content (AvgIpc) is 3.19. The van der Waals surface area contributed by atoms with Crippen LogP contribution in [0.5, 0.6) is 5.88 Å². The molecule has 0 unspecified atom stereocenters. The lowest BCUT2D eigenvalue weighted by Crippen LogP contribution is -2.26. The molecule has 1 amide bonds. The molecular formula is C23H26N8O3S. The zero-order valence-corrected chi connectivity index (χ0v) is 20.2. The zero-order valence-electron chi connectivity index (χ0n) is 19.4. The number of rotatable bonds is 8. The van der Waals surface area contributed by atoms with E-state index in [4.69, 9.17) is 9.98 Å². The van der Waals surface area contributed by atoms with Gasteiger partial charge in [0, 0.05) is 17.8 Å². The number of carbonyl (C=O) groups excluding carboxylic acids is 1. The van der Waals surface area contributed by atoms with Crippen molar-refractivity contribution in [2.24, 2.45) is 4.99 Å². The number of carbonyl (C=O) groups is 1. The predicted octanol–water partition coefficient (Wildman–Crippen LogP) is 0.472. The van der Waals surface area contributed by atoms with Crippen molar-refractivity contribution >= 4 is 29.0 Å². The van der Waals surface area contributed by atoms with E-state index in [1.165, 1.54) is 11.3 Å². The Balaban J connectivity index is 1.51. The number of nitrogens with one attached hydrogen (secondary N) is 3. The smallest absolute Gasteiger partial charge is 0.326 e. The Kier molecular flexibility index (Phi) is 6.22. The molecule has 35 heavy (non-hydrogen) atoms. The summed E-state index contributed by atoms with van der Waals surface area (Å²) in [5, 5.41) is 18.0. The molecule has 5 rings (SSSR count). The molecule has 0 aliphatic heterocycles. The van der Waals surface area contributed by atoms with Crippen LogP contribution in [0.4, 0.5) is 0 Å². The molecule has 4 aromatic rings. The summed E-state index contributed by atoms with van der Waals surface area (Å²) in [7, 11) is 4.01. The molecule has 0 atom stereocenters. The monoisotopic (exact) mass is 494 g/mol. The molecule has 1 aliphatic carbocycles. The van der Waals surface area contributed by atoms with Gasteiger partial charge in [-0.1, -0.05) is 0 Å². The first-order valence-electron chi connectivity index (χ1n) is 11.4. The van der Waals surface area contributed by atoms with E-state index in [9.17, 15) is 14.7 Å². The molecule has 1 fully saturated rings. The van der Waals surface area contributed by atoms with Crippen LogP contribution in [0.1, 0.15) is 34.6 Å². The second-order valence-electron chi connectivity index (χ2n) is 8.76. The maximum atomic E-state index is 12.6. The third-order valence-electron chi connectivity index (χ3n) is 5.53. The van der Waals surface area contributed by atoms with Crippen molar-refractivity contribution in [3.63, 3.8) is 0 Å². The minimum absolute atomic E-state index is 0.103. The van der Waals surface area contributed by atoms with Gasteiger partial charge in [-0.2, -0.15) is 9.61 Å². The Bertz CT molecular complexity index is 1560. The molecule has 12 heteroatoms. The van der Waals surface area contributed by atoms with Crippen LogP contribution in [0.2, 0.25) is 0 Å². The van der Waals surface area contributed by atoms with Crippen LogP contribution in [0.15, 0.2) is 34.2 Å². The Morgan fingerprint density at radius 1 is 1.37 bits per heavy atom. The topological polar surface area (TPSA) is 144 Å². The summed E-state index contributed by atoms with van der Waals surface area (Å²) in [5.74, 6) is -0.359. The minimum Gasteiger partial charge on any atom is -0.493 e. The maximum absolute atomic E-state index is 12.6. The van der Waals surface area contributed by atoms with Gasteiger partial charge in [-0.15, -0.1) is 11.3 Å². The highest BCUT2D eigenvalue weighted by atomic mass is 32.1. The van der Waals surface area contributed by atoms with Crippen molar-refractivity contribution in [2.45, 2.75) is 25.3 Å². The van der Waals surface area contributed by atoms with Crippen LogP contribution in [0.3, 0.4) is 0 Å². The molecule has 4 N–H and O–H groups in total. The van der Waals surface area contributed by atoms with Gasteiger partial charge in [0.25, 0.3) is 5.91 Å². The van der Waals surface area contributed by atoms with E-state index < -0.39 is 5.69 Å². The quantitative estimate of drug-likeness (QED) is 0.262. The second-order valence-corrected chi connectivity index (χ2v) is 9.84. The first kappa shape index (κ1) is 23.0. The molecule has 4 aromatic heterocycles. The zero-order chi connectivity index (χ0) is 24.5. The van der Waals surface area contributed by atoms with E-state index >= 15 is 0 Å². The van der Waals surface area contributed by atoms with Crippen molar-refractivity contribution in [1.82, 2.24) is 34.8 Å². The summed E-state index contributed by atoms with van der Waals surface area (Å²) in [6, 6.07) is 5.83. The van der Waals surface area contributed by atoms with Gasteiger partial charge in [-0.25, -0.2) is 9.78 Å². The van der Waals surface area contributed by atoms with Gasteiger partial charge < -0.3 is 20.3 Å². The van der Waals surface area contributed by atoms with Crippen molar-refractivity contribution in [2.75, 3.05) is 27.2 Å². The lowest BCUT2D eigenvalue weighted by molar-refractivity contribution is 0.0956. The van der Waals surface area contributed by atoms with Crippen LogP contribution in [0, 0.1) is 0 Å². The number of aromatic amines is 2. The fraction of sp³-hybridized carbons (Fsp3) is 0.348. The standard InChI is InChI=1S/C23H26N8O3S/c1-30(2)9-3-8-24-22(33)18-7-6-17(35-18)15-11-19(26-14-4-5-14)31-20(27-15)13(12-25-31)10-16-21(32)29-23(34)28-16/h6-7,10-12,14,32H,3-5,8-9H2,1-2H3,(H,24,33)(H2,28,29,34)/b13-10+,26-19?. The highest BCUT2D eigenvalue weighted by Gasteiger charge is 2.21. The summed E-state index contributed by atoms with van der Waals surface area (Å²) in [4.78, 5) is 42.1. The number of imidazole rings is 1. The van der Waals surface area contributed by atoms with E-state index in [1.807, 2.05) is 26.2 Å². The summed E-state index contributed by atoms with van der Waals surface area (Å²) >= 11 is 1.37. The number of H-pyrrole nitrogens is 2. The van der Waals surface area contributed by atoms with Gasteiger partial charge in [0.15, 0.2) is 11.1 Å². The van der Waals surface area contributed by atoms with E-state index in [1.54, 1.807) is 22.9 Å². The summed E-state index contributed by atoms with van der Waals surface area (Å²) in [6.07, 6.45) is 6.17. The van der Waals surface area contributed by atoms with E-state index in [-0.39, 0.29) is 23.5 Å². The number of aromatic hydroxyl groups is 1. The first-order valence-corrected chi connectivity index (χ1v) is 12.2. The molecule has 0 aromatic carbocycles. The largest absolute Gasteiger partial charge is 0.493 e. The molecule has 0 saturated heterocycles. The lowest BCUT2D eigenvalue weighted by Gasteiger charge is -2.09. The van der Waals surface area contributed by atoms with Gasteiger partial charge in [0.05, 0.1) is 27.7 Å². The van der Waals surface area contributed by atoms with Gasteiger partial charge in [0.2, 0.25) is 5.88 Å². The Morgan fingerprint density at radius 3 is 2.91 bits per heavy atom. The van der Waals surface area contributed by atoms with Gasteiger partial charge in [-0.3, -0.25) is 14.8 Å². The summed E-state index contributed by atoms with van der Waals surface area (Å²) in [5.41, 5.74) is 1.61. The third kappa shape index (κ3) is 5.17. The molecule has 0 spiro atoms. The molecular weight excluding hydrogens is 468 g/mol. The number of aromatic nitrogens is 5. The molecule has 1 saturated carbocycles. The highest BCUT2D eigenvalue weighted by molar-refractivity contribution is 7.17. The van der Waals surface area contributed by atoms with Crippen molar-refractivity contribution in [3.8, 4) is 16.5 Å². The van der Waals surface area contributed by atoms with E-state index in [0.29, 0.717) is 33.5 Å². The molecule has 1 aliphatic rings. The van der Waals surface area contributed by atoms with Crippen LogP contribution in [-0.2, 0) is 0 Å². The van der Waals surface area contributed by atoms with Gasteiger partial charge in [-0.05, 0) is 58.1 Å². The fourth-order valence-electron chi connectivity index (χ4n) is 3.60. The number of hydrogen-bond donors (Lipinski definition) is 4. The molecule has 11 nitrogen and oxygen atoms in total. The highest BCUT2D eigenvalue weighted by Crippen LogP contribution is 2.27. The Morgan fingerprint density at radius 2 is 2.20 bits per heavy atom. The lowest BCUT2D eigenvalue weighted by atomic mass is 10.3. The second kappa shape index (κ2) is 9.47. The fourth-order valence-corrected chi connectivity index (χ4v) is 4.49. The number of amides is 1. The number of thiophene rings is 1. The van der Waals surface area contributed by atoms with Crippen LogP contribution in [0.25, 0.3) is 22.3 Å². The van der Waals surface area contributed by atoms with Crippen molar-refractivity contribution in [3.05, 3.63) is 56.2 Å². The molecule has 4 heterocycles. The average molecular weight is 495 g/mol. The predicted molar refractivity (Wildman–Crippen MR) is 132 cm³/mol. The van der Waals surface area contributed by atoms with Crippen molar-refractivity contribution < 1.29 is 9.90 Å². The molecule has 0 radical (unpaired) electrons. The Labute approximate surface area is 203 Å². The van der Waals surface area contributed by atoms with Crippen LogP contribution >= 0.6 is 11.3 Å². The van der Waals surface area contributed by atoms with Gasteiger partial charge >= 0.3 is 5.69 Å². The minimum atomic E-state index is -0.505. The number of fused-ring (bicyclic) bond motifs is 1. The third-order valence-corrected chi connectivity index (χ3v) is 6.63. The number of hydrogen-bond acceptors (Lipinski definition) is 8. The normalized spacial score (nSPS) is 14.9. The van der Waals surface area contributed by atoms with Crippen molar-refractivity contribution in [1.29, 1.82) is 0 Å². The van der Waals surface area contributed by atoms with E-state index in [2.05, 4.69) is 25.3 Å². The number of nitrogens with zero attached hydrogens (tertiary/aromatic N) is 5. The van der Waals surface area contributed by atoms with E-state index in [0.717, 1.165) is 30.7 Å². The summed E-state index contributed by atoms with van der Waals surface area (Å²) < 4.78 is 1.65. The SMILES string of the molecule is CN(C)CCCNC(=O)c1ccc(-c2cc(=NC3CC3)n3nc/c(=C\c4[nH]c(=O)[nH]c4O)c3n2)s1. The summed E-state index contributed by atoms with van der Waals surface area (Å²) in [6.45, 7) is 1.52. The van der Waals surface area contributed by atoms with Crippen LogP contribution < -0.4 is 21.7 Å². The van der Waals surface area contributed by atoms with Crippen LogP contribution in [-0.4, -0.2) is 73.7 Å². The molecule has 182 valence electrons. The Hall–Kier alpha value is -3.77. The first-order chi connectivity index (χ1) is 16.9. The maximum Gasteiger partial charge on any atom is 0.326 e. The van der Waals surface area contributed by atoms with Gasteiger partial charge in [0.1, 0.15) is 5.69 Å².